The van der Waals surface area contributed by atoms with E-state index in [0.29, 0.717) is 63.2 Å². The van der Waals surface area contributed by atoms with Crippen LogP contribution < -0.4 is 14.9 Å². The zero-order valence-corrected chi connectivity index (χ0v) is 18.6. The fourth-order valence-electron chi connectivity index (χ4n) is 3.67. The summed E-state index contributed by atoms with van der Waals surface area (Å²) in [6.07, 6.45) is 0.168. The number of aromatic hydroxyl groups is 1. The standard InChI is InChI=1S/C26H23ClO5/c1-3-30-21-9-5-7-17(23(21)28)15-20-24(29)19-8-6-10-22(31-4-2)26(19)32-25(20)16-11-13-18(27)14-12-16/h5-14,28H,3-4,15H2,1-2H3. The molecule has 0 saturated carbocycles. The van der Waals surface area contributed by atoms with Crippen LogP contribution in [0, 0.1) is 0 Å². The first kappa shape index (κ1) is 21.8. The molecule has 0 fully saturated rings. The second-order valence-electron chi connectivity index (χ2n) is 7.19. The minimum atomic E-state index is -0.182. The van der Waals surface area contributed by atoms with Crippen molar-refractivity contribution in [2.24, 2.45) is 0 Å². The minimum Gasteiger partial charge on any atom is -0.504 e. The lowest BCUT2D eigenvalue weighted by Gasteiger charge is -2.14. The molecule has 0 aliphatic heterocycles. The van der Waals surface area contributed by atoms with Crippen LogP contribution in [0.1, 0.15) is 25.0 Å². The van der Waals surface area contributed by atoms with Gasteiger partial charge >= 0.3 is 0 Å². The molecule has 0 atom stereocenters. The van der Waals surface area contributed by atoms with Crippen LogP contribution in [0.15, 0.2) is 69.9 Å². The second kappa shape index (κ2) is 9.37. The quantitative estimate of drug-likeness (QED) is 0.362. The van der Waals surface area contributed by atoms with Crippen LogP contribution >= 0.6 is 11.6 Å². The summed E-state index contributed by atoms with van der Waals surface area (Å²) in [5.41, 5.74) is 1.91. The predicted octanol–water partition coefficient (Wildman–Crippen LogP) is 6.21. The molecule has 32 heavy (non-hydrogen) atoms. The van der Waals surface area contributed by atoms with Gasteiger partial charge in [-0.15, -0.1) is 0 Å². The van der Waals surface area contributed by atoms with Gasteiger partial charge in [-0.3, -0.25) is 4.79 Å². The molecule has 0 aliphatic carbocycles. The summed E-state index contributed by atoms with van der Waals surface area (Å²) in [5, 5.41) is 11.7. The number of hydrogen-bond donors (Lipinski definition) is 1. The third-order valence-corrected chi connectivity index (χ3v) is 5.38. The van der Waals surface area contributed by atoms with Crippen LogP contribution in [0.4, 0.5) is 0 Å². The zero-order chi connectivity index (χ0) is 22.7. The van der Waals surface area contributed by atoms with Crippen LogP contribution in [0.25, 0.3) is 22.3 Å². The number of ether oxygens (including phenoxy) is 2. The van der Waals surface area contributed by atoms with Crippen LogP contribution in [0.2, 0.25) is 5.02 Å². The lowest BCUT2D eigenvalue weighted by atomic mass is 9.97. The van der Waals surface area contributed by atoms with Crippen molar-refractivity contribution >= 4 is 22.6 Å². The Hall–Kier alpha value is -3.44. The van der Waals surface area contributed by atoms with E-state index in [1.54, 1.807) is 60.7 Å². The molecule has 1 aromatic heterocycles. The van der Waals surface area contributed by atoms with Crippen LogP contribution in [0.3, 0.4) is 0 Å². The number of halogens is 1. The van der Waals surface area contributed by atoms with Crippen molar-refractivity contribution in [3.05, 3.63) is 87.0 Å². The van der Waals surface area contributed by atoms with Gasteiger partial charge in [-0.1, -0.05) is 29.8 Å². The molecule has 0 bridgehead atoms. The third-order valence-electron chi connectivity index (χ3n) is 5.13. The molecule has 4 rings (SSSR count). The van der Waals surface area contributed by atoms with Gasteiger partial charge in [0.05, 0.1) is 18.6 Å². The maximum atomic E-state index is 13.6. The van der Waals surface area contributed by atoms with Gasteiger partial charge in [0, 0.05) is 28.1 Å². The van der Waals surface area contributed by atoms with Gasteiger partial charge in [0.25, 0.3) is 0 Å². The number of benzene rings is 3. The van der Waals surface area contributed by atoms with E-state index in [1.165, 1.54) is 0 Å². The van der Waals surface area contributed by atoms with Crippen molar-refractivity contribution in [2.75, 3.05) is 13.2 Å². The van der Waals surface area contributed by atoms with E-state index < -0.39 is 0 Å². The fraction of sp³-hybridized carbons (Fsp3) is 0.192. The Labute approximate surface area is 190 Å². The van der Waals surface area contributed by atoms with Crippen molar-refractivity contribution < 1.29 is 19.0 Å². The molecule has 6 heteroatoms. The predicted molar refractivity (Wildman–Crippen MR) is 126 cm³/mol. The Kier molecular flexibility index (Phi) is 6.37. The van der Waals surface area contributed by atoms with E-state index in [0.717, 1.165) is 0 Å². The Morgan fingerprint density at radius 3 is 2.28 bits per heavy atom. The van der Waals surface area contributed by atoms with Crippen molar-refractivity contribution in [2.45, 2.75) is 20.3 Å². The Bertz CT molecular complexity index is 1310. The second-order valence-corrected chi connectivity index (χ2v) is 7.62. The normalized spacial score (nSPS) is 11.0. The Morgan fingerprint density at radius 2 is 1.56 bits per heavy atom. The molecule has 5 nitrogen and oxygen atoms in total. The number of rotatable bonds is 7. The molecular formula is C26H23ClO5. The zero-order valence-electron chi connectivity index (χ0n) is 17.9. The molecule has 0 saturated heterocycles. The fourth-order valence-corrected chi connectivity index (χ4v) is 3.79. The van der Waals surface area contributed by atoms with Gasteiger partial charge in [0.2, 0.25) is 0 Å². The molecule has 0 amide bonds. The Balaban J connectivity index is 1.96. The first-order valence-corrected chi connectivity index (χ1v) is 10.8. The largest absolute Gasteiger partial charge is 0.504 e. The molecule has 0 unspecified atom stereocenters. The topological polar surface area (TPSA) is 68.9 Å². The van der Waals surface area contributed by atoms with Gasteiger partial charge in [0.15, 0.2) is 28.3 Å². The number of phenolic OH excluding ortho intramolecular Hbond substituents is 1. The van der Waals surface area contributed by atoms with Crippen molar-refractivity contribution in [1.29, 1.82) is 0 Å². The van der Waals surface area contributed by atoms with Crippen LogP contribution in [-0.4, -0.2) is 18.3 Å². The van der Waals surface area contributed by atoms with Crippen molar-refractivity contribution in [1.82, 2.24) is 0 Å². The summed E-state index contributed by atoms with van der Waals surface area (Å²) in [5.74, 6) is 1.30. The summed E-state index contributed by atoms with van der Waals surface area (Å²) < 4.78 is 17.5. The molecule has 4 aromatic rings. The molecule has 0 radical (unpaired) electrons. The summed E-state index contributed by atoms with van der Waals surface area (Å²) in [6.45, 7) is 4.59. The number of fused-ring (bicyclic) bond motifs is 1. The number of para-hydroxylation sites is 2. The monoisotopic (exact) mass is 450 g/mol. The van der Waals surface area contributed by atoms with E-state index in [1.807, 2.05) is 13.8 Å². The van der Waals surface area contributed by atoms with Crippen molar-refractivity contribution in [3.8, 4) is 28.6 Å². The molecule has 0 spiro atoms. The third kappa shape index (κ3) is 4.16. The molecule has 3 aromatic carbocycles. The maximum Gasteiger partial charge on any atom is 0.196 e. The van der Waals surface area contributed by atoms with E-state index in [9.17, 15) is 9.90 Å². The Morgan fingerprint density at radius 1 is 0.906 bits per heavy atom. The van der Waals surface area contributed by atoms with Crippen LogP contribution in [-0.2, 0) is 6.42 Å². The van der Waals surface area contributed by atoms with Gasteiger partial charge in [-0.05, 0) is 56.3 Å². The summed E-state index contributed by atoms with van der Waals surface area (Å²) >= 11 is 6.07. The molecular weight excluding hydrogens is 428 g/mol. The van der Waals surface area contributed by atoms with E-state index in [-0.39, 0.29) is 17.6 Å². The lowest BCUT2D eigenvalue weighted by molar-refractivity contribution is 0.317. The van der Waals surface area contributed by atoms with E-state index in [4.69, 9.17) is 25.5 Å². The summed E-state index contributed by atoms with van der Waals surface area (Å²) in [4.78, 5) is 13.6. The molecule has 0 aliphatic rings. The number of hydrogen-bond acceptors (Lipinski definition) is 5. The summed E-state index contributed by atoms with van der Waals surface area (Å²) in [7, 11) is 0. The maximum absolute atomic E-state index is 13.6. The average molecular weight is 451 g/mol. The number of phenols is 1. The average Bonchev–Trinajstić information content (AvgIpc) is 2.79. The smallest absolute Gasteiger partial charge is 0.196 e. The minimum absolute atomic E-state index is 0.0129. The van der Waals surface area contributed by atoms with Gasteiger partial charge in [0.1, 0.15) is 5.76 Å². The summed E-state index contributed by atoms with van der Waals surface area (Å²) in [6, 6.07) is 17.6. The highest BCUT2D eigenvalue weighted by atomic mass is 35.5. The molecule has 1 N–H and O–H groups in total. The van der Waals surface area contributed by atoms with E-state index in [2.05, 4.69) is 0 Å². The van der Waals surface area contributed by atoms with E-state index >= 15 is 0 Å². The first-order chi connectivity index (χ1) is 15.5. The highest BCUT2D eigenvalue weighted by Gasteiger charge is 2.20. The highest BCUT2D eigenvalue weighted by Crippen LogP contribution is 2.35. The molecule has 164 valence electrons. The van der Waals surface area contributed by atoms with Gasteiger partial charge < -0.3 is 19.0 Å². The highest BCUT2D eigenvalue weighted by molar-refractivity contribution is 6.30. The SMILES string of the molecule is CCOc1cccc(Cc2c(-c3ccc(Cl)cc3)oc3c(OCC)cccc3c2=O)c1O. The van der Waals surface area contributed by atoms with Crippen LogP contribution in [0.5, 0.6) is 17.2 Å². The van der Waals surface area contributed by atoms with Crippen molar-refractivity contribution in [3.63, 3.8) is 0 Å². The lowest BCUT2D eigenvalue weighted by Crippen LogP contribution is -2.12. The van der Waals surface area contributed by atoms with Gasteiger partial charge in [-0.25, -0.2) is 0 Å². The first-order valence-electron chi connectivity index (χ1n) is 10.4. The molecule has 1 heterocycles. The van der Waals surface area contributed by atoms with Gasteiger partial charge in [-0.2, -0.15) is 0 Å².